The molecule has 0 unspecified atom stereocenters. The summed E-state index contributed by atoms with van der Waals surface area (Å²) in [5.41, 5.74) is 2.03. The Morgan fingerprint density at radius 3 is 1.94 bits per heavy atom. The molecule has 1 aliphatic rings. The van der Waals surface area contributed by atoms with Crippen molar-refractivity contribution < 1.29 is 9.28 Å². The van der Waals surface area contributed by atoms with E-state index in [4.69, 9.17) is 0 Å². The van der Waals surface area contributed by atoms with Gasteiger partial charge in [0.25, 0.3) is 0 Å². The van der Waals surface area contributed by atoms with Crippen LogP contribution in [0.5, 0.6) is 0 Å². The van der Waals surface area contributed by atoms with Crippen molar-refractivity contribution in [1.82, 2.24) is 4.90 Å². The van der Waals surface area contributed by atoms with Crippen LogP contribution in [0.25, 0.3) is 0 Å². The lowest BCUT2D eigenvalue weighted by molar-refractivity contribution is -0.790. The van der Waals surface area contributed by atoms with Crippen LogP contribution in [0.15, 0.2) is 11.3 Å². The van der Waals surface area contributed by atoms with Crippen molar-refractivity contribution >= 4 is 5.91 Å². The summed E-state index contributed by atoms with van der Waals surface area (Å²) in [5, 5.41) is 0. The first kappa shape index (κ1) is 14.2. The summed E-state index contributed by atoms with van der Waals surface area (Å²) in [6.07, 6.45) is 5.03. The van der Waals surface area contributed by atoms with Crippen molar-refractivity contribution in [1.29, 1.82) is 0 Å². The largest absolute Gasteiger partial charge is 0.364 e. The van der Waals surface area contributed by atoms with E-state index in [2.05, 4.69) is 11.9 Å². The van der Waals surface area contributed by atoms with Crippen LogP contribution in [0.3, 0.4) is 0 Å². The van der Waals surface area contributed by atoms with Gasteiger partial charge in [0.15, 0.2) is 0 Å². The van der Waals surface area contributed by atoms with Crippen LogP contribution in [-0.2, 0) is 4.79 Å². The van der Waals surface area contributed by atoms with Crippen molar-refractivity contribution in [2.75, 3.05) is 28.2 Å². The number of quaternary nitrogens is 1. The predicted molar refractivity (Wildman–Crippen MR) is 71.4 cm³/mol. The van der Waals surface area contributed by atoms with Crippen molar-refractivity contribution in [3.05, 3.63) is 11.3 Å². The molecule has 1 saturated carbocycles. The number of hydrogen-bond donors (Lipinski definition) is 0. The highest BCUT2D eigenvalue weighted by Crippen LogP contribution is 2.27. The van der Waals surface area contributed by atoms with Gasteiger partial charge in [-0.2, -0.15) is 0 Å². The molecular formula is C14H27N2O+. The van der Waals surface area contributed by atoms with E-state index in [1.54, 1.807) is 0 Å². The number of nitrogens with zero attached hydrogens (tertiary/aromatic N) is 2. The number of rotatable bonds is 3. The Labute approximate surface area is 106 Å². The van der Waals surface area contributed by atoms with Crippen LogP contribution in [0.2, 0.25) is 0 Å². The van der Waals surface area contributed by atoms with E-state index in [0.717, 1.165) is 11.3 Å². The highest BCUT2D eigenvalue weighted by molar-refractivity contribution is 5.87. The molecule has 0 saturated heterocycles. The molecule has 0 aliphatic heterocycles. The fraction of sp³-hybridized carbons (Fsp3) is 0.786. The molecule has 3 nitrogen and oxygen atoms in total. The Balaban J connectivity index is 2.95. The molecule has 0 aromatic heterocycles. The van der Waals surface area contributed by atoms with E-state index in [-0.39, 0.29) is 5.91 Å². The van der Waals surface area contributed by atoms with Crippen molar-refractivity contribution in [3.8, 4) is 0 Å². The summed E-state index contributed by atoms with van der Waals surface area (Å²) in [6.45, 7) is 4.07. The van der Waals surface area contributed by atoms with Gasteiger partial charge < -0.3 is 4.90 Å². The fourth-order valence-electron chi connectivity index (χ4n) is 2.51. The summed E-state index contributed by atoms with van der Waals surface area (Å²) in [4.78, 5) is 14.7. The molecular weight excluding hydrogens is 212 g/mol. The van der Waals surface area contributed by atoms with Gasteiger partial charge in [0, 0.05) is 13.1 Å². The van der Waals surface area contributed by atoms with Gasteiger partial charge >= 0.3 is 5.91 Å². The summed E-state index contributed by atoms with van der Waals surface area (Å²) in [5.74, 6) is 0.208. The summed E-state index contributed by atoms with van der Waals surface area (Å²) >= 11 is 0. The molecule has 0 atom stereocenters. The third-order valence-electron chi connectivity index (χ3n) is 3.51. The molecule has 0 heterocycles. The maximum atomic E-state index is 12.5. The molecule has 1 fully saturated rings. The van der Waals surface area contributed by atoms with E-state index < -0.39 is 0 Å². The zero-order chi connectivity index (χ0) is 13.2. The van der Waals surface area contributed by atoms with E-state index in [1.807, 2.05) is 35.0 Å². The molecule has 1 aliphatic carbocycles. The second-order valence-electron chi connectivity index (χ2n) is 6.22. The van der Waals surface area contributed by atoms with Crippen LogP contribution in [0, 0.1) is 0 Å². The fourth-order valence-corrected chi connectivity index (χ4v) is 2.51. The van der Waals surface area contributed by atoms with Gasteiger partial charge in [-0.3, -0.25) is 4.48 Å². The Kier molecular flexibility index (Phi) is 4.36. The SMILES string of the molecule is CC(C)=C(C(=O)[N+](C)(C)C)N(C)C1CCCC1. The molecule has 1 amide bonds. The molecule has 3 heteroatoms. The highest BCUT2D eigenvalue weighted by atomic mass is 16.2. The molecule has 0 bridgehead atoms. The Bertz CT molecular complexity index is 316. The first-order chi connectivity index (χ1) is 7.75. The van der Waals surface area contributed by atoms with E-state index >= 15 is 0 Å². The minimum absolute atomic E-state index is 0.208. The zero-order valence-electron chi connectivity index (χ0n) is 12.2. The van der Waals surface area contributed by atoms with Gasteiger partial charge in [-0.25, -0.2) is 4.79 Å². The minimum atomic E-state index is 0.208. The topological polar surface area (TPSA) is 20.3 Å². The molecule has 17 heavy (non-hydrogen) atoms. The second-order valence-corrected chi connectivity index (χ2v) is 6.22. The molecule has 98 valence electrons. The van der Waals surface area contributed by atoms with Gasteiger partial charge in [-0.15, -0.1) is 0 Å². The Morgan fingerprint density at radius 1 is 1.12 bits per heavy atom. The molecule has 0 aromatic carbocycles. The minimum Gasteiger partial charge on any atom is -0.364 e. The Hall–Kier alpha value is -0.830. The highest BCUT2D eigenvalue weighted by Gasteiger charge is 2.32. The first-order valence-corrected chi connectivity index (χ1v) is 6.51. The van der Waals surface area contributed by atoms with Crippen molar-refractivity contribution in [3.63, 3.8) is 0 Å². The lowest BCUT2D eigenvalue weighted by Crippen LogP contribution is -2.47. The molecule has 0 spiro atoms. The number of carbonyl (C=O) groups excluding carboxylic acids is 1. The van der Waals surface area contributed by atoms with Gasteiger partial charge in [-0.1, -0.05) is 12.8 Å². The van der Waals surface area contributed by atoms with Crippen molar-refractivity contribution in [2.45, 2.75) is 45.6 Å². The number of hydrogen-bond acceptors (Lipinski definition) is 2. The first-order valence-electron chi connectivity index (χ1n) is 6.51. The van der Waals surface area contributed by atoms with Crippen LogP contribution >= 0.6 is 0 Å². The summed E-state index contributed by atoms with van der Waals surface area (Å²) in [7, 11) is 7.89. The molecule has 1 rings (SSSR count). The molecule has 0 N–H and O–H groups in total. The molecule has 0 aromatic rings. The second kappa shape index (κ2) is 5.21. The van der Waals surface area contributed by atoms with E-state index in [1.165, 1.54) is 25.7 Å². The number of carbonyl (C=O) groups is 1. The van der Waals surface area contributed by atoms with Gasteiger partial charge in [0.2, 0.25) is 0 Å². The smallest absolute Gasteiger partial charge is 0.361 e. The van der Waals surface area contributed by atoms with Gasteiger partial charge in [0.05, 0.1) is 21.1 Å². The average molecular weight is 239 g/mol. The maximum absolute atomic E-state index is 12.5. The normalized spacial score (nSPS) is 17.1. The Morgan fingerprint density at radius 2 is 1.59 bits per heavy atom. The predicted octanol–water partition coefficient (Wildman–Crippen LogP) is 2.39. The van der Waals surface area contributed by atoms with Crippen LogP contribution in [0.4, 0.5) is 0 Å². The maximum Gasteiger partial charge on any atom is 0.361 e. The quantitative estimate of drug-likeness (QED) is 0.557. The third-order valence-corrected chi connectivity index (χ3v) is 3.51. The van der Waals surface area contributed by atoms with Crippen LogP contribution in [0.1, 0.15) is 39.5 Å². The zero-order valence-corrected chi connectivity index (χ0v) is 12.2. The van der Waals surface area contributed by atoms with E-state index in [0.29, 0.717) is 10.5 Å². The van der Waals surface area contributed by atoms with Gasteiger partial charge in [0.1, 0.15) is 5.70 Å². The number of allylic oxidation sites excluding steroid dienone is 1. The lowest BCUT2D eigenvalue weighted by Gasteiger charge is -2.32. The van der Waals surface area contributed by atoms with Crippen LogP contribution < -0.4 is 0 Å². The third kappa shape index (κ3) is 3.32. The standard InChI is InChI=1S/C14H27N2O/c1-11(2)13(14(17)16(4,5)6)15(3)12-9-7-8-10-12/h12H,7-10H2,1-6H3/q+1. The monoisotopic (exact) mass is 239 g/mol. The van der Waals surface area contributed by atoms with Crippen molar-refractivity contribution in [2.24, 2.45) is 0 Å². The lowest BCUT2D eigenvalue weighted by atomic mass is 10.1. The summed E-state index contributed by atoms with van der Waals surface area (Å²) < 4.78 is 0.359. The van der Waals surface area contributed by atoms with Gasteiger partial charge in [-0.05, 0) is 32.3 Å². The van der Waals surface area contributed by atoms with Crippen LogP contribution in [-0.4, -0.2) is 49.5 Å². The number of likely N-dealkylation sites (N-methyl/N-ethyl adjacent to an activating group) is 2. The van der Waals surface area contributed by atoms with E-state index in [9.17, 15) is 4.79 Å². The average Bonchev–Trinajstić information content (AvgIpc) is 2.68. The molecule has 0 radical (unpaired) electrons. The number of amides is 1. The summed E-state index contributed by atoms with van der Waals surface area (Å²) in [6, 6.07) is 0.551.